The summed E-state index contributed by atoms with van der Waals surface area (Å²) in [6.07, 6.45) is 7.98. The van der Waals surface area contributed by atoms with Gasteiger partial charge in [0.15, 0.2) is 0 Å². The Hall–Kier alpha value is -0.800. The second kappa shape index (κ2) is 5.83. The van der Waals surface area contributed by atoms with Crippen molar-refractivity contribution in [3.63, 3.8) is 0 Å². The number of methoxy groups -OCH3 is 1. The van der Waals surface area contributed by atoms with Crippen LogP contribution in [0.15, 0.2) is 24.0 Å². The molecule has 0 aromatic carbocycles. The molecule has 0 heterocycles. The molecule has 2 atom stereocenters. The van der Waals surface area contributed by atoms with E-state index in [1.54, 1.807) is 7.11 Å². The van der Waals surface area contributed by atoms with Gasteiger partial charge in [-0.2, -0.15) is 0 Å². The van der Waals surface area contributed by atoms with Crippen LogP contribution in [0, 0.1) is 5.92 Å². The summed E-state index contributed by atoms with van der Waals surface area (Å²) in [7, 11) is 1.67. The van der Waals surface area contributed by atoms with Gasteiger partial charge < -0.3 is 14.9 Å². The van der Waals surface area contributed by atoms with Crippen molar-refractivity contribution in [2.75, 3.05) is 13.7 Å². The lowest BCUT2D eigenvalue weighted by atomic mass is 9.94. The van der Waals surface area contributed by atoms with Gasteiger partial charge in [0.05, 0.1) is 25.6 Å². The molecule has 0 radical (unpaired) electrons. The summed E-state index contributed by atoms with van der Waals surface area (Å²) < 4.78 is 5.24. The first-order chi connectivity index (χ1) is 6.77. The van der Waals surface area contributed by atoms with E-state index in [1.807, 2.05) is 0 Å². The molecular weight excluding hydrogens is 180 g/mol. The molecule has 0 fully saturated rings. The molecular formula is C11H18O3. The lowest BCUT2D eigenvalue weighted by Gasteiger charge is -2.19. The fraction of sp³-hybridized carbons (Fsp3) is 0.636. The molecule has 0 aromatic rings. The van der Waals surface area contributed by atoms with E-state index in [1.165, 1.54) is 0 Å². The highest BCUT2D eigenvalue weighted by molar-refractivity contribution is 5.14. The lowest BCUT2D eigenvalue weighted by Crippen LogP contribution is -2.15. The highest BCUT2D eigenvalue weighted by Crippen LogP contribution is 2.24. The summed E-state index contributed by atoms with van der Waals surface area (Å²) in [5, 5.41) is 17.9. The minimum Gasteiger partial charge on any atom is -0.501 e. The van der Waals surface area contributed by atoms with Gasteiger partial charge in [0.25, 0.3) is 0 Å². The van der Waals surface area contributed by atoms with Crippen LogP contribution in [0.1, 0.15) is 19.3 Å². The van der Waals surface area contributed by atoms with E-state index in [4.69, 9.17) is 9.84 Å². The van der Waals surface area contributed by atoms with E-state index >= 15 is 0 Å². The summed E-state index contributed by atoms with van der Waals surface area (Å²) in [6, 6.07) is 0. The summed E-state index contributed by atoms with van der Waals surface area (Å²) in [5.74, 6) is 1.23. The Bertz CT molecular complexity index is 221. The number of aliphatic hydroxyl groups is 2. The molecule has 0 aromatic heterocycles. The summed E-state index contributed by atoms with van der Waals surface area (Å²) in [5.41, 5.74) is 0. The standard InChI is InChI=1S/C11H18O3/c1-14-11-5-3-2-4-9(11)6-7-10(13)8-12/h2,4-5,9-10,12-13H,3,6-8H2,1H3. The maximum atomic E-state index is 9.21. The molecule has 3 heteroatoms. The summed E-state index contributed by atoms with van der Waals surface area (Å²) in [6.45, 7) is -0.164. The van der Waals surface area contributed by atoms with Crippen LogP contribution in [0.2, 0.25) is 0 Å². The van der Waals surface area contributed by atoms with Crippen molar-refractivity contribution in [1.29, 1.82) is 0 Å². The Kier molecular flexibility index (Phi) is 4.70. The van der Waals surface area contributed by atoms with Crippen LogP contribution in [0.25, 0.3) is 0 Å². The van der Waals surface area contributed by atoms with Crippen molar-refractivity contribution in [3.05, 3.63) is 24.0 Å². The van der Waals surface area contributed by atoms with E-state index in [0.717, 1.165) is 18.6 Å². The van der Waals surface area contributed by atoms with Crippen molar-refractivity contribution in [3.8, 4) is 0 Å². The maximum Gasteiger partial charge on any atom is 0.0987 e. The van der Waals surface area contributed by atoms with Crippen molar-refractivity contribution >= 4 is 0 Å². The highest BCUT2D eigenvalue weighted by atomic mass is 16.5. The smallest absolute Gasteiger partial charge is 0.0987 e. The summed E-state index contributed by atoms with van der Waals surface area (Å²) in [4.78, 5) is 0. The molecule has 2 unspecified atom stereocenters. The molecule has 2 N–H and O–H groups in total. The van der Waals surface area contributed by atoms with Gasteiger partial charge in [-0.1, -0.05) is 12.2 Å². The highest BCUT2D eigenvalue weighted by Gasteiger charge is 2.15. The Balaban J connectivity index is 2.38. The van der Waals surface area contributed by atoms with Crippen molar-refractivity contribution in [2.24, 2.45) is 5.92 Å². The van der Waals surface area contributed by atoms with Crippen molar-refractivity contribution in [1.82, 2.24) is 0 Å². The monoisotopic (exact) mass is 198 g/mol. The fourth-order valence-corrected chi connectivity index (χ4v) is 1.61. The molecule has 3 nitrogen and oxygen atoms in total. The second-order valence-electron chi connectivity index (χ2n) is 3.49. The minimum atomic E-state index is -0.608. The topological polar surface area (TPSA) is 49.7 Å². The Morgan fingerprint density at radius 1 is 1.64 bits per heavy atom. The Morgan fingerprint density at radius 2 is 2.43 bits per heavy atom. The van der Waals surface area contributed by atoms with Gasteiger partial charge in [-0.15, -0.1) is 0 Å². The molecule has 14 heavy (non-hydrogen) atoms. The second-order valence-corrected chi connectivity index (χ2v) is 3.49. The van der Waals surface area contributed by atoms with Gasteiger partial charge in [0.2, 0.25) is 0 Å². The average molecular weight is 198 g/mol. The van der Waals surface area contributed by atoms with E-state index in [-0.39, 0.29) is 12.5 Å². The number of hydrogen-bond acceptors (Lipinski definition) is 3. The first-order valence-electron chi connectivity index (χ1n) is 4.97. The van der Waals surface area contributed by atoms with Crippen LogP contribution in [0.4, 0.5) is 0 Å². The maximum absolute atomic E-state index is 9.21. The molecule has 0 saturated heterocycles. The Morgan fingerprint density at radius 3 is 3.07 bits per heavy atom. The van der Waals surface area contributed by atoms with Crippen LogP contribution >= 0.6 is 0 Å². The van der Waals surface area contributed by atoms with E-state index in [2.05, 4.69) is 18.2 Å². The molecule has 0 saturated carbocycles. The number of ether oxygens (including phenoxy) is 1. The van der Waals surface area contributed by atoms with E-state index in [0.29, 0.717) is 6.42 Å². The lowest BCUT2D eigenvalue weighted by molar-refractivity contribution is 0.0830. The third-order valence-electron chi connectivity index (χ3n) is 2.45. The predicted molar refractivity (Wildman–Crippen MR) is 54.7 cm³/mol. The van der Waals surface area contributed by atoms with Gasteiger partial charge in [-0.3, -0.25) is 0 Å². The Labute approximate surface area is 84.7 Å². The normalized spacial score (nSPS) is 23.1. The zero-order valence-corrected chi connectivity index (χ0v) is 8.52. The SMILES string of the molecule is COC1=CCC=CC1CCC(O)CO. The quantitative estimate of drug-likeness (QED) is 0.653. The van der Waals surface area contributed by atoms with Crippen LogP contribution < -0.4 is 0 Å². The zero-order valence-electron chi connectivity index (χ0n) is 8.52. The summed E-state index contributed by atoms with van der Waals surface area (Å²) >= 11 is 0. The van der Waals surface area contributed by atoms with Crippen LogP contribution in [-0.2, 0) is 4.74 Å². The first-order valence-corrected chi connectivity index (χ1v) is 4.97. The van der Waals surface area contributed by atoms with Gasteiger partial charge >= 0.3 is 0 Å². The number of hydrogen-bond donors (Lipinski definition) is 2. The zero-order chi connectivity index (χ0) is 10.4. The molecule has 0 bridgehead atoms. The molecule has 1 aliphatic carbocycles. The average Bonchev–Trinajstić information content (AvgIpc) is 2.26. The number of allylic oxidation sites excluding steroid dienone is 3. The predicted octanol–water partition coefficient (Wildman–Crippen LogP) is 1.23. The van der Waals surface area contributed by atoms with Gasteiger partial charge in [-0.05, 0) is 25.3 Å². The number of aliphatic hydroxyl groups excluding tert-OH is 2. The third-order valence-corrected chi connectivity index (χ3v) is 2.45. The number of rotatable bonds is 5. The van der Waals surface area contributed by atoms with Crippen LogP contribution in [0.3, 0.4) is 0 Å². The molecule has 0 aliphatic heterocycles. The first kappa shape index (κ1) is 11.3. The molecule has 80 valence electrons. The minimum absolute atomic E-state index is 0.164. The van der Waals surface area contributed by atoms with Crippen LogP contribution in [0.5, 0.6) is 0 Å². The van der Waals surface area contributed by atoms with E-state index < -0.39 is 6.10 Å². The molecule has 0 amide bonds. The molecule has 0 spiro atoms. The van der Waals surface area contributed by atoms with Gasteiger partial charge in [-0.25, -0.2) is 0 Å². The van der Waals surface area contributed by atoms with Crippen molar-refractivity contribution in [2.45, 2.75) is 25.4 Å². The molecule has 1 rings (SSSR count). The van der Waals surface area contributed by atoms with Crippen LogP contribution in [-0.4, -0.2) is 30.0 Å². The van der Waals surface area contributed by atoms with E-state index in [9.17, 15) is 5.11 Å². The largest absolute Gasteiger partial charge is 0.501 e. The third kappa shape index (κ3) is 3.16. The molecule has 1 aliphatic rings. The van der Waals surface area contributed by atoms with Gasteiger partial charge in [0.1, 0.15) is 0 Å². The van der Waals surface area contributed by atoms with Gasteiger partial charge in [0, 0.05) is 5.92 Å². The fourth-order valence-electron chi connectivity index (χ4n) is 1.61. The van der Waals surface area contributed by atoms with Crippen molar-refractivity contribution < 1.29 is 14.9 Å².